The van der Waals surface area contributed by atoms with Gasteiger partial charge in [0.15, 0.2) is 5.78 Å². The third-order valence-corrected chi connectivity index (χ3v) is 8.25. The summed E-state index contributed by atoms with van der Waals surface area (Å²) in [4.78, 5) is 26.5. The summed E-state index contributed by atoms with van der Waals surface area (Å²) in [5.74, 6) is -0.480. The van der Waals surface area contributed by atoms with Crippen molar-refractivity contribution < 1.29 is 14.0 Å². The zero-order valence-corrected chi connectivity index (χ0v) is 26.0. The van der Waals surface area contributed by atoms with E-state index < -0.39 is 6.04 Å². The number of rotatable bonds is 9. The Morgan fingerprint density at radius 3 is 2.42 bits per heavy atom. The quantitative estimate of drug-likeness (QED) is 0.214. The standard InChI is InChI=1S/C26H28N2O2S.C10H10FN/c1-4-22-17-18-28(31-24-10-6-5-7-11-24)25(22)12-8-9-21-13-15-23(16-14-21)26(19(2)29)27-20(3)30;1-7-10-5-9(11)4-3-8(10)6-12(7)2/h5-8,10-18,26H,4,9H2,1-3H3,(H,27,30);3-5H,1,6H2,2H3/b12-8-;. The lowest BCUT2D eigenvalue weighted by molar-refractivity contribution is -0.125. The fourth-order valence-electron chi connectivity index (χ4n) is 4.91. The number of benzene rings is 3. The van der Waals surface area contributed by atoms with Crippen LogP contribution in [0, 0.1) is 5.82 Å². The second-order valence-corrected chi connectivity index (χ2v) is 11.6. The number of aryl methyl sites for hydroxylation is 1. The van der Waals surface area contributed by atoms with Crippen LogP contribution in [0.1, 0.15) is 60.3 Å². The Bertz CT molecular complexity index is 1610. The minimum Gasteiger partial charge on any atom is -0.370 e. The smallest absolute Gasteiger partial charge is 0.217 e. The normalized spacial score (nSPS) is 13.0. The molecule has 0 saturated carbocycles. The molecule has 0 bridgehead atoms. The van der Waals surface area contributed by atoms with Crippen LogP contribution in [0.2, 0.25) is 0 Å². The van der Waals surface area contributed by atoms with Crippen molar-refractivity contribution in [3.63, 3.8) is 0 Å². The highest BCUT2D eigenvalue weighted by atomic mass is 32.2. The van der Waals surface area contributed by atoms with Gasteiger partial charge in [0.2, 0.25) is 5.91 Å². The van der Waals surface area contributed by atoms with E-state index in [0.29, 0.717) is 0 Å². The van der Waals surface area contributed by atoms with E-state index in [1.165, 1.54) is 36.1 Å². The van der Waals surface area contributed by atoms with E-state index in [4.69, 9.17) is 0 Å². The van der Waals surface area contributed by atoms with Crippen molar-refractivity contribution in [2.45, 2.75) is 51.1 Å². The van der Waals surface area contributed by atoms with E-state index in [2.05, 4.69) is 59.3 Å². The van der Waals surface area contributed by atoms with Gasteiger partial charge in [-0.1, -0.05) is 68.1 Å². The van der Waals surface area contributed by atoms with Crippen molar-refractivity contribution >= 4 is 35.4 Å². The van der Waals surface area contributed by atoms with Crippen molar-refractivity contribution in [1.29, 1.82) is 0 Å². The minimum absolute atomic E-state index is 0.0772. The molecule has 1 aromatic heterocycles. The largest absolute Gasteiger partial charge is 0.370 e. The van der Waals surface area contributed by atoms with Crippen LogP contribution in [0.3, 0.4) is 0 Å². The van der Waals surface area contributed by atoms with Gasteiger partial charge in [-0.2, -0.15) is 0 Å². The molecule has 3 aromatic carbocycles. The third kappa shape index (κ3) is 8.36. The van der Waals surface area contributed by atoms with Gasteiger partial charge in [0.1, 0.15) is 11.9 Å². The fraction of sp³-hybridized carbons (Fsp3) is 0.222. The molecule has 0 radical (unpaired) electrons. The van der Waals surface area contributed by atoms with Gasteiger partial charge in [-0.3, -0.25) is 13.6 Å². The molecule has 0 fully saturated rings. The summed E-state index contributed by atoms with van der Waals surface area (Å²) < 4.78 is 15.0. The maximum atomic E-state index is 12.8. The van der Waals surface area contributed by atoms with Gasteiger partial charge in [-0.05, 0) is 90.4 Å². The highest BCUT2D eigenvalue weighted by molar-refractivity contribution is 7.97. The van der Waals surface area contributed by atoms with Crippen LogP contribution < -0.4 is 5.32 Å². The zero-order valence-electron chi connectivity index (χ0n) is 25.1. The van der Waals surface area contributed by atoms with Crippen LogP contribution in [0.5, 0.6) is 0 Å². The lowest BCUT2D eigenvalue weighted by atomic mass is 10.0. The van der Waals surface area contributed by atoms with Crippen LogP contribution in [-0.2, 0) is 29.0 Å². The lowest BCUT2D eigenvalue weighted by Gasteiger charge is -2.15. The Labute approximate surface area is 258 Å². The van der Waals surface area contributed by atoms with Crippen molar-refractivity contribution in [2.75, 3.05) is 7.05 Å². The van der Waals surface area contributed by atoms with E-state index in [9.17, 15) is 14.0 Å². The highest BCUT2D eigenvalue weighted by Gasteiger charge is 2.19. The number of hydrogen-bond donors (Lipinski definition) is 1. The van der Waals surface area contributed by atoms with Gasteiger partial charge in [-0.25, -0.2) is 4.39 Å². The third-order valence-electron chi connectivity index (χ3n) is 7.25. The summed E-state index contributed by atoms with van der Waals surface area (Å²) >= 11 is 1.71. The van der Waals surface area contributed by atoms with Crippen LogP contribution in [0.25, 0.3) is 11.8 Å². The molecule has 0 spiro atoms. The van der Waals surface area contributed by atoms with Gasteiger partial charge >= 0.3 is 0 Å². The fourth-order valence-corrected chi connectivity index (χ4v) is 5.81. The molecule has 1 aliphatic rings. The van der Waals surface area contributed by atoms with Gasteiger partial charge < -0.3 is 10.2 Å². The van der Waals surface area contributed by atoms with E-state index in [1.54, 1.807) is 18.0 Å². The molecule has 1 N–H and O–H groups in total. The summed E-state index contributed by atoms with van der Waals surface area (Å²) in [7, 11) is 1.96. The van der Waals surface area contributed by atoms with Crippen molar-refractivity contribution in [3.05, 3.63) is 137 Å². The number of carbonyl (C=O) groups is 2. The number of allylic oxidation sites excluding steroid dienone is 1. The molecule has 1 amide bonds. The van der Waals surface area contributed by atoms with Crippen LogP contribution in [0.4, 0.5) is 4.39 Å². The maximum Gasteiger partial charge on any atom is 0.217 e. The number of Topliss-reactive ketones (excluding diaryl/α,β-unsaturated/α-hetero) is 1. The van der Waals surface area contributed by atoms with Gasteiger partial charge in [0.05, 0.1) is 5.69 Å². The minimum atomic E-state index is -0.590. The molecule has 222 valence electrons. The number of fused-ring (bicyclic) bond motifs is 1. The van der Waals surface area contributed by atoms with Crippen molar-refractivity contribution in [2.24, 2.45) is 0 Å². The Morgan fingerprint density at radius 2 is 1.77 bits per heavy atom. The molecule has 2 heterocycles. The number of aromatic nitrogens is 1. The maximum absolute atomic E-state index is 12.8. The summed E-state index contributed by atoms with van der Waals surface area (Å²) in [5.41, 5.74) is 7.48. The SMILES string of the molecule is C=C1c2cc(F)ccc2CN1C.CCc1ccn(Sc2ccccc2)c1/C=C\Cc1ccc(C(NC(C)=O)C(C)=O)cc1. The second-order valence-electron chi connectivity index (χ2n) is 10.5. The van der Waals surface area contributed by atoms with Crippen molar-refractivity contribution in [1.82, 2.24) is 14.2 Å². The van der Waals surface area contributed by atoms with Gasteiger partial charge in [-0.15, -0.1) is 0 Å². The number of halogens is 1. The summed E-state index contributed by atoms with van der Waals surface area (Å²) in [6, 6.07) is 24.6. The Hall–Kier alpha value is -4.36. The summed E-state index contributed by atoms with van der Waals surface area (Å²) in [6.45, 7) is 9.80. The molecule has 1 aliphatic heterocycles. The predicted octanol–water partition coefficient (Wildman–Crippen LogP) is 7.87. The number of amides is 1. The molecule has 7 heteroatoms. The van der Waals surface area contributed by atoms with E-state index in [0.717, 1.165) is 47.3 Å². The van der Waals surface area contributed by atoms with Crippen LogP contribution in [0.15, 0.2) is 103 Å². The number of nitrogens with zero attached hydrogens (tertiary/aromatic N) is 2. The molecular weight excluding hydrogens is 557 g/mol. The summed E-state index contributed by atoms with van der Waals surface area (Å²) in [6.07, 6.45) is 8.23. The molecule has 5 rings (SSSR count). The summed E-state index contributed by atoms with van der Waals surface area (Å²) in [5, 5.41) is 2.71. The van der Waals surface area contributed by atoms with E-state index >= 15 is 0 Å². The first-order valence-corrected chi connectivity index (χ1v) is 15.1. The molecule has 43 heavy (non-hydrogen) atoms. The molecule has 1 unspecified atom stereocenters. The zero-order chi connectivity index (χ0) is 30.9. The topological polar surface area (TPSA) is 54.3 Å². The Morgan fingerprint density at radius 1 is 1.05 bits per heavy atom. The Balaban J connectivity index is 0.000000292. The number of carbonyl (C=O) groups excluding carboxylic acids is 2. The highest BCUT2D eigenvalue weighted by Crippen LogP contribution is 2.30. The number of hydrogen-bond acceptors (Lipinski definition) is 4. The van der Waals surface area contributed by atoms with Crippen LogP contribution >= 0.6 is 11.9 Å². The van der Waals surface area contributed by atoms with E-state index in [-0.39, 0.29) is 17.5 Å². The first kappa shape index (κ1) is 31.6. The molecule has 0 saturated heterocycles. The lowest BCUT2D eigenvalue weighted by Crippen LogP contribution is -2.30. The first-order chi connectivity index (χ1) is 20.7. The Kier molecular flexibility index (Phi) is 10.8. The molecule has 0 aliphatic carbocycles. The molecular formula is C36H38FN3O2S. The van der Waals surface area contributed by atoms with Gasteiger partial charge in [0, 0.05) is 42.9 Å². The average Bonchev–Trinajstić information content (AvgIpc) is 3.51. The molecule has 4 aromatic rings. The van der Waals surface area contributed by atoms with Crippen molar-refractivity contribution in [3.8, 4) is 0 Å². The number of nitrogens with one attached hydrogen (secondary N) is 1. The van der Waals surface area contributed by atoms with Gasteiger partial charge in [0.25, 0.3) is 0 Å². The molecule has 5 nitrogen and oxygen atoms in total. The predicted molar refractivity (Wildman–Crippen MR) is 175 cm³/mol. The monoisotopic (exact) mass is 595 g/mol. The number of ketones is 1. The van der Waals surface area contributed by atoms with E-state index in [1.807, 2.05) is 60.5 Å². The van der Waals surface area contributed by atoms with Crippen LogP contribution in [-0.4, -0.2) is 27.6 Å². The first-order valence-electron chi connectivity index (χ1n) is 14.3. The molecule has 1 atom stereocenters. The average molecular weight is 596 g/mol. The second kappa shape index (κ2) is 14.7.